The van der Waals surface area contributed by atoms with E-state index in [2.05, 4.69) is 15.3 Å². The molecule has 1 heterocycles. The van der Waals surface area contributed by atoms with Gasteiger partial charge in [-0.15, -0.1) is 11.8 Å². The fourth-order valence-corrected chi connectivity index (χ4v) is 3.29. The fourth-order valence-electron chi connectivity index (χ4n) is 2.37. The number of nitrogens with zero attached hydrogens (tertiary/aromatic N) is 1. The minimum absolute atomic E-state index is 0.0478. The van der Waals surface area contributed by atoms with Gasteiger partial charge in [0, 0.05) is 10.7 Å². The summed E-state index contributed by atoms with van der Waals surface area (Å²) in [4.78, 5) is 20.1. The minimum atomic E-state index is -0.0478. The maximum absolute atomic E-state index is 12.2. The standard InChI is InChI=1S/C18H18ClN3OS/c1-11-13(19)6-5-9-14(11)20-17(23)10-24-12(2)18-21-15-7-3-4-8-16(15)22-18/h3-9,12H,10H2,1-2H3,(H,20,23)(H,21,22). The lowest BCUT2D eigenvalue weighted by atomic mass is 10.2. The summed E-state index contributed by atoms with van der Waals surface area (Å²) in [5.74, 6) is 1.19. The van der Waals surface area contributed by atoms with Gasteiger partial charge in [-0.05, 0) is 43.7 Å². The normalized spacial score (nSPS) is 12.3. The summed E-state index contributed by atoms with van der Waals surface area (Å²) >= 11 is 7.62. The SMILES string of the molecule is Cc1c(Cl)cccc1NC(=O)CSC(C)c1nc2ccccc2[nH]1. The predicted molar refractivity (Wildman–Crippen MR) is 102 cm³/mol. The molecule has 0 aliphatic heterocycles. The number of thioether (sulfide) groups is 1. The number of H-pyrrole nitrogens is 1. The van der Waals surface area contributed by atoms with E-state index in [4.69, 9.17) is 11.6 Å². The summed E-state index contributed by atoms with van der Waals surface area (Å²) in [5.41, 5.74) is 3.59. The van der Waals surface area contributed by atoms with Crippen LogP contribution in [0.25, 0.3) is 11.0 Å². The minimum Gasteiger partial charge on any atom is -0.341 e. The van der Waals surface area contributed by atoms with Gasteiger partial charge in [0.2, 0.25) is 5.91 Å². The summed E-state index contributed by atoms with van der Waals surface area (Å²) in [6.07, 6.45) is 0. The van der Waals surface area contributed by atoms with Crippen molar-refractivity contribution in [2.75, 3.05) is 11.1 Å². The lowest BCUT2D eigenvalue weighted by Gasteiger charge is -2.11. The lowest BCUT2D eigenvalue weighted by Crippen LogP contribution is -2.15. The first-order valence-electron chi connectivity index (χ1n) is 7.66. The van der Waals surface area contributed by atoms with Gasteiger partial charge in [0.25, 0.3) is 0 Å². The monoisotopic (exact) mass is 359 g/mol. The molecule has 1 amide bonds. The second-order valence-corrected chi connectivity index (χ2v) is 7.29. The summed E-state index contributed by atoms with van der Waals surface area (Å²) in [6.45, 7) is 3.93. The van der Waals surface area contributed by atoms with Crippen molar-refractivity contribution in [1.82, 2.24) is 9.97 Å². The van der Waals surface area contributed by atoms with Gasteiger partial charge in [0.1, 0.15) is 5.82 Å². The average molecular weight is 360 g/mol. The number of carbonyl (C=O) groups excluding carboxylic acids is 1. The molecule has 0 saturated heterocycles. The van der Waals surface area contributed by atoms with Crippen LogP contribution in [0.5, 0.6) is 0 Å². The number of rotatable bonds is 5. The van der Waals surface area contributed by atoms with Crippen molar-refractivity contribution in [2.24, 2.45) is 0 Å². The van der Waals surface area contributed by atoms with Gasteiger partial charge >= 0.3 is 0 Å². The number of carbonyl (C=O) groups is 1. The van der Waals surface area contributed by atoms with Crippen LogP contribution in [0.2, 0.25) is 5.02 Å². The Labute approximate surface area is 150 Å². The van der Waals surface area contributed by atoms with Crippen molar-refractivity contribution >= 4 is 46.0 Å². The largest absolute Gasteiger partial charge is 0.341 e. The predicted octanol–water partition coefficient (Wildman–Crippen LogP) is 4.96. The van der Waals surface area contributed by atoms with Crippen LogP contribution in [0.3, 0.4) is 0 Å². The van der Waals surface area contributed by atoms with E-state index in [-0.39, 0.29) is 11.2 Å². The number of benzene rings is 2. The second kappa shape index (κ2) is 7.28. The Bertz CT molecular complexity index is 845. The van der Waals surface area contributed by atoms with E-state index < -0.39 is 0 Å². The molecule has 0 aliphatic rings. The van der Waals surface area contributed by atoms with Crippen molar-refractivity contribution in [1.29, 1.82) is 0 Å². The van der Waals surface area contributed by atoms with Crippen LogP contribution in [0, 0.1) is 6.92 Å². The highest BCUT2D eigenvalue weighted by atomic mass is 35.5. The topological polar surface area (TPSA) is 57.8 Å². The Morgan fingerprint density at radius 3 is 2.88 bits per heavy atom. The number of para-hydroxylation sites is 2. The molecule has 24 heavy (non-hydrogen) atoms. The third kappa shape index (κ3) is 3.74. The summed E-state index contributed by atoms with van der Waals surface area (Å²) in [5, 5.41) is 3.66. The molecule has 1 unspecified atom stereocenters. The zero-order valence-electron chi connectivity index (χ0n) is 13.5. The van der Waals surface area contributed by atoms with Gasteiger partial charge in [-0.2, -0.15) is 0 Å². The molecule has 0 fully saturated rings. The van der Waals surface area contributed by atoms with E-state index in [0.717, 1.165) is 28.1 Å². The van der Waals surface area contributed by atoms with E-state index in [1.54, 1.807) is 11.8 Å². The van der Waals surface area contributed by atoms with Gasteiger partial charge < -0.3 is 10.3 Å². The molecule has 2 aromatic carbocycles. The fraction of sp³-hybridized carbons (Fsp3) is 0.222. The van der Waals surface area contributed by atoms with Crippen LogP contribution in [0.15, 0.2) is 42.5 Å². The average Bonchev–Trinajstić information content (AvgIpc) is 3.01. The molecule has 4 nitrogen and oxygen atoms in total. The molecule has 0 spiro atoms. The van der Waals surface area contributed by atoms with Crippen LogP contribution < -0.4 is 5.32 Å². The van der Waals surface area contributed by atoms with Crippen molar-refractivity contribution in [2.45, 2.75) is 19.1 Å². The van der Waals surface area contributed by atoms with E-state index in [0.29, 0.717) is 10.8 Å². The number of halogens is 1. The lowest BCUT2D eigenvalue weighted by molar-refractivity contribution is -0.113. The Kier molecular flexibility index (Phi) is 5.11. The Morgan fingerprint density at radius 2 is 2.08 bits per heavy atom. The molecule has 2 N–H and O–H groups in total. The third-order valence-electron chi connectivity index (χ3n) is 3.80. The molecule has 0 bridgehead atoms. The van der Waals surface area contributed by atoms with Crippen molar-refractivity contribution in [3.8, 4) is 0 Å². The number of hydrogen-bond acceptors (Lipinski definition) is 3. The first kappa shape index (κ1) is 16.9. The highest BCUT2D eigenvalue weighted by Crippen LogP contribution is 2.28. The van der Waals surface area contributed by atoms with Crippen molar-refractivity contribution in [3.63, 3.8) is 0 Å². The number of nitrogens with one attached hydrogen (secondary N) is 2. The highest BCUT2D eigenvalue weighted by molar-refractivity contribution is 8.00. The van der Waals surface area contributed by atoms with Crippen LogP contribution in [0.4, 0.5) is 5.69 Å². The number of fused-ring (bicyclic) bond motifs is 1. The first-order valence-corrected chi connectivity index (χ1v) is 9.08. The molecule has 124 valence electrons. The number of aromatic nitrogens is 2. The number of imidazole rings is 1. The number of hydrogen-bond donors (Lipinski definition) is 2. The quantitative estimate of drug-likeness (QED) is 0.677. The third-order valence-corrected chi connectivity index (χ3v) is 5.36. The number of amides is 1. The van der Waals surface area contributed by atoms with Crippen molar-refractivity contribution < 1.29 is 4.79 Å². The van der Waals surface area contributed by atoms with E-state index in [1.165, 1.54) is 0 Å². The van der Waals surface area contributed by atoms with Crippen LogP contribution in [-0.4, -0.2) is 21.6 Å². The van der Waals surface area contributed by atoms with E-state index in [1.807, 2.05) is 56.3 Å². The molecule has 1 atom stereocenters. The van der Waals surface area contributed by atoms with Crippen LogP contribution in [0.1, 0.15) is 23.6 Å². The van der Waals surface area contributed by atoms with Gasteiger partial charge in [-0.3, -0.25) is 4.79 Å². The van der Waals surface area contributed by atoms with E-state index >= 15 is 0 Å². The Balaban J connectivity index is 1.60. The summed E-state index contributed by atoms with van der Waals surface area (Å²) in [7, 11) is 0. The summed E-state index contributed by atoms with van der Waals surface area (Å²) < 4.78 is 0. The summed E-state index contributed by atoms with van der Waals surface area (Å²) in [6, 6.07) is 13.4. The zero-order chi connectivity index (χ0) is 17.1. The zero-order valence-corrected chi connectivity index (χ0v) is 15.0. The molecular formula is C18H18ClN3OS. The maximum Gasteiger partial charge on any atom is 0.234 e. The Hall–Kier alpha value is -1.98. The van der Waals surface area contributed by atoms with Gasteiger partial charge in [-0.1, -0.05) is 29.8 Å². The number of aromatic amines is 1. The van der Waals surface area contributed by atoms with E-state index in [9.17, 15) is 4.79 Å². The van der Waals surface area contributed by atoms with Gasteiger partial charge in [0.15, 0.2) is 0 Å². The molecule has 0 radical (unpaired) electrons. The highest BCUT2D eigenvalue weighted by Gasteiger charge is 2.14. The molecule has 3 aromatic rings. The molecule has 0 saturated carbocycles. The molecule has 3 rings (SSSR count). The van der Waals surface area contributed by atoms with Gasteiger partial charge in [0.05, 0.1) is 22.0 Å². The van der Waals surface area contributed by atoms with Crippen LogP contribution >= 0.6 is 23.4 Å². The molecule has 6 heteroatoms. The van der Waals surface area contributed by atoms with Crippen molar-refractivity contribution in [3.05, 3.63) is 58.9 Å². The first-order chi connectivity index (χ1) is 11.5. The smallest absolute Gasteiger partial charge is 0.234 e. The second-order valence-electron chi connectivity index (χ2n) is 5.55. The number of anilines is 1. The van der Waals surface area contributed by atoms with Crippen LogP contribution in [-0.2, 0) is 4.79 Å². The Morgan fingerprint density at radius 1 is 1.29 bits per heavy atom. The molecular weight excluding hydrogens is 342 g/mol. The molecule has 0 aliphatic carbocycles. The van der Waals surface area contributed by atoms with Gasteiger partial charge in [-0.25, -0.2) is 4.98 Å². The maximum atomic E-state index is 12.2. The molecule has 1 aromatic heterocycles.